The highest BCUT2D eigenvalue weighted by Crippen LogP contribution is 2.40. The summed E-state index contributed by atoms with van der Waals surface area (Å²) in [7, 11) is 0. The molecule has 27 heavy (non-hydrogen) atoms. The number of aryl methyl sites for hydroxylation is 2. The van der Waals surface area contributed by atoms with Gasteiger partial charge in [0.1, 0.15) is 23.3 Å². The number of hydrogen-bond acceptors (Lipinski definition) is 0. The van der Waals surface area contributed by atoms with E-state index < -0.39 is 23.3 Å². The van der Waals surface area contributed by atoms with E-state index in [9.17, 15) is 13.2 Å². The summed E-state index contributed by atoms with van der Waals surface area (Å²) in [4.78, 5) is 0. The SMILES string of the molecule is CCCc1ccc2c(c1)CCc1c-2cc(F)c(-c2cc(F)cc(F)c2)c1F. The Kier molecular flexibility index (Phi) is 4.50. The standard InChI is InChI=1S/C23H18F4/c1-2-3-13-4-6-18-14(8-13)5-7-19-20(18)12-21(26)22(23(19)27)15-9-16(24)11-17(25)10-15/h4,6,8-12H,2-3,5,7H2,1H3. The molecule has 3 aromatic carbocycles. The molecule has 0 N–H and O–H groups in total. The molecule has 0 bridgehead atoms. The van der Waals surface area contributed by atoms with Gasteiger partial charge < -0.3 is 0 Å². The van der Waals surface area contributed by atoms with E-state index in [0.29, 0.717) is 30.0 Å². The third-order valence-corrected chi connectivity index (χ3v) is 5.11. The highest BCUT2D eigenvalue weighted by molar-refractivity contribution is 5.78. The van der Waals surface area contributed by atoms with Gasteiger partial charge in [-0.1, -0.05) is 31.5 Å². The van der Waals surface area contributed by atoms with Crippen LogP contribution in [0.15, 0.2) is 42.5 Å². The van der Waals surface area contributed by atoms with Crippen molar-refractivity contribution in [3.8, 4) is 22.3 Å². The van der Waals surface area contributed by atoms with Crippen molar-refractivity contribution in [2.75, 3.05) is 0 Å². The summed E-state index contributed by atoms with van der Waals surface area (Å²) in [6.45, 7) is 2.11. The molecule has 0 aliphatic heterocycles. The van der Waals surface area contributed by atoms with E-state index in [1.165, 1.54) is 11.6 Å². The van der Waals surface area contributed by atoms with Gasteiger partial charge >= 0.3 is 0 Å². The fourth-order valence-electron chi connectivity index (χ4n) is 3.93. The summed E-state index contributed by atoms with van der Waals surface area (Å²) < 4.78 is 57.0. The summed E-state index contributed by atoms with van der Waals surface area (Å²) in [5.74, 6) is -3.29. The van der Waals surface area contributed by atoms with Crippen LogP contribution >= 0.6 is 0 Å². The van der Waals surface area contributed by atoms with E-state index in [-0.39, 0.29) is 11.1 Å². The Bertz CT molecular complexity index is 1020. The number of hydrogen-bond donors (Lipinski definition) is 0. The molecule has 0 nitrogen and oxygen atoms in total. The van der Waals surface area contributed by atoms with Crippen molar-refractivity contribution in [2.24, 2.45) is 0 Å². The Labute approximate surface area is 155 Å². The Hall–Kier alpha value is -2.62. The Balaban J connectivity index is 1.88. The first kappa shape index (κ1) is 17.8. The molecular formula is C23H18F4. The molecule has 0 radical (unpaired) electrons. The molecule has 0 amide bonds. The van der Waals surface area contributed by atoms with Gasteiger partial charge in [0.25, 0.3) is 0 Å². The van der Waals surface area contributed by atoms with E-state index in [1.54, 1.807) is 0 Å². The maximum atomic E-state index is 15.2. The van der Waals surface area contributed by atoms with Crippen LogP contribution in [0.1, 0.15) is 30.0 Å². The average Bonchev–Trinajstić information content (AvgIpc) is 2.61. The number of rotatable bonds is 3. The minimum Gasteiger partial charge on any atom is -0.207 e. The topological polar surface area (TPSA) is 0 Å². The van der Waals surface area contributed by atoms with Crippen LogP contribution in [-0.2, 0) is 19.3 Å². The van der Waals surface area contributed by atoms with Crippen molar-refractivity contribution in [3.63, 3.8) is 0 Å². The smallest absolute Gasteiger partial charge is 0.137 e. The molecule has 4 rings (SSSR count). The monoisotopic (exact) mass is 370 g/mol. The highest BCUT2D eigenvalue weighted by atomic mass is 19.1. The van der Waals surface area contributed by atoms with Crippen LogP contribution in [0.3, 0.4) is 0 Å². The van der Waals surface area contributed by atoms with E-state index in [1.807, 2.05) is 12.1 Å². The van der Waals surface area contributed by atoms with Gasteiger partial charge in [0.15, 0.2) is 0 Å². The lowest BCUT2D eigenvalue weighted by Gasteiger charge is -2.23. The van der Waals surface area contributed by atoms with Crippen molar-refractivity contribution < 1.29 is 17.6 Å². The fraction of sp³-hybridized carbons (Fsp3) is 0.217. The molecule has 4 heteroatoms. The van der Waals surface area contributed by atoms with Gasteiger partial charge in [-0.2, -0.15) is 0 Å². The van der Waals surface area contributed by atoms with Crippen LogP contribution in [0.4, 0.5) is 17.6 Å². The maximum Gasteiger partial charge on any atom is 0.137 e. The molecule has 0 atom stereocenters. The van der Waals surface area contributed by atoms with Crippen molar-refractivity contribution in [3.05, 3.63) is 82.4 Å². The molecule has 0 aromatic heterocycles. The number of halogens is 4. The lowest BCUT2D eigenvalue weighted by molar-refractivity contribution is 0.572. The molecule has 0 unspecified atom stereocenters. The lowest BCUT2D eigenvalue weighted by Crippen LogP contribution is -2.09. The highest BCUT2D eigenvalue weighted by Gasteiger charge is 2.25. The second-order valence-electron chi connectivity index (χ2n) is 6.97. The normalized spacial score (nSPS) is 12.6. The van der Waals surface area contributed by atoms with Gasteiger partial charge in [-0.15, -0.1) is 0 Å². The van der Waals surface area contributed by atoms with E-state index in [0.717, 1.165) is 36.1 Å². The van der Waals surface area contributed by atoms with Crippen molar-refractivity contribution in [1.82, 2.24) is 0 Å². The second-order valence-corrected chi connectivity index (χ2v) is 6.97. The zero-order valence-electron chi connectivity index (χ0n) is 14.9. The maximum absolute atomic E-state index is 15.2. The van der Waals surface area contributed by atoms with Crippen LogP contribution in [0.5, 0.6) is 0 Å². The van der Waals surface area contributed by atoms with Crippen LogP contribution < -0.4 is 0 Å². The molecule has 1 aliphatic rings. The molecular weight excluding hydrogens is 352 g/mol. The predicted molar refractivity (Wildman–Crippen MR) is 98.5 cm³/mol. The summed E-state index contributed by atoms with van der Waals surface area (Å²) in [6.07, 6.45) is 3.08. The summed E-state index contributed by atoms with van der Waals surface area (Å²) in [6, 6.07) is 9.88. The second kappa shape index (κ2) is 6.84. The summed E-state index contributed by atoms with van der Waals surface area (Å²) in [5.41, 5.74) is 3.53. The molecule has 0 saturated heterocycles. The molecule has 0 fully saturated rings. The van der Waals surface area contributed by atoms with Crippen LogP contribution in [-0.4, -0.2) is 0 Å². The Morgan fingerprint density at radius 3 is 2.26 bits per heavy atom. The Morgan fingerprint density at radius 2 is 1.56 bits per heavy atom. The molecule has 138 valence electrons. The van der Waals surface area contributed by atoms with Crippen LogP contribution in [0.25, 0.3) is 22.3 Å². The van der Waals surface area contributed by atoms with Gasteiger partial charge in [0.2, 0.25) is 0 Å². The van der Waals surface area contributed by atoms with Gasteiger partial charge in [-0.05, 0) is 70.8 Å². The largest absolute Gasteiger partial charge is 0.207 e. The van der Waals surface area contributed by atoms with E-state index in [2.05, 4.69) is 13.0 Å². The molecule has 0 heterocycles. The molecule has 3 aromatic rings. The zero-order valence-corrected chi connectivity index (χ0v) is 14.9. The summed E-state index contributed by atoms with van der Waals surface area (Å²) in [5, 5.41) is 0. The first-order chi connectivity index (χ1) is 13.0. The van der Waals surface area contributed by atoms with E-state index >= 15 is 4.39 Å². The third kappa shape index (κ3) is 3.14. The Morgan fingerprint density at radius 1 is 0.815 bits per heavy atom. The van der Waals surface area contributed by atoms with Crippen molar-refractivity contribution in [2.45, 2.75) is 32.6 Å². The van der Waals surface area contributed by atoms with Gasteiger partial charge in [-0.25, -0.2) is 17.6 Å². The average molecular weight is 370 g/mol. The van der Waals surface area contributed by atoms with Crippen molar-refractivity contribution >= 4 is 0 Å². The summed E-state index contributed by atoms with van der Waals surface area (Å²) >= 11 is 0. The van der Waals surface area contributed by atoms with Gasteiger partial charge in [0.05, 0.1) is 5.56 Å². The molecule has 1 aliphatic carbocycles. The third-order valence-electron chi connectivity index (χ3n) is 5.11. The van der Waals surface area contributed by atoms with Crippen molar-refractivity contribution in [1.29, 1.82) is 0 Å². The van der Waals surface area contributed by atoms with Gasteiger partial charge in [-0.3, -0.25) is 0 Å². The zero-order chi connectivity index (χ0) is 19.1. The minimum absolute atomic E-state index is 0.130. The fourth-order valence-corrected chi connectivity index (χ4v) is 3.93. The quantitative estimate of drug-likeness (QED) is 0.454. The van der Waals surface area contributed by atoms with Gasteiger partial charge in [0, 0.05) is 6.07 Å². The first-order valence-corrected chi connectivity index (χ1v) is 9.07. The number of benzene rings is 3. The van der Waals surface area contributed by atoms with Crippen LogP contribution in [0, 0.1) is 23.3 Å². The van der Waals surface area contributed by atoms with Crippen LogP contribution in [0.2, 0.25) is 0 Å². The lowest BCUT2D eigenvalue weighted by atomic mass is 9.82. The minimum atomic E-state index is -0.865. The van der Waals surface area contributed by atoms with E-state index in [4.69, 9.17) is 0 Å². The number of fused-ring (bicyclic) bond motifs is 3. The molecule has 0 spiro atoms. The molecule has 0 saturated carbocycles. The predicted octanol–water partition coefficient (Wildman–Crippen LogP) is 6.63. The first-order valence-electron chi connectivity index (χ1n) is 9.07.